The summed E-state index contributed by atoms with van der Waals surface area (Å²) in [7, 11) is 0. The molecule has 0 radical (unpaired) electrons. The van der Waals surface area contributed by atoms with E-state index in [1.807, 2.05) is 30.3 Å². The molecule has 1 aliphatic heterocycles. The number of benzene rings is 2. The Morgan fingerprint density at radius 3 is 2.61 bits per heavy atom. The predicted molar refractivity (Wildman–Crippen MR) is 141 cm³/mol. The fourth-order valence-corrected chi connectivity index (χ4v) is 4.14. The molecule has 1 saturated heterocycles. The third-order valence-electron chi connectivity index (χ3n) is 5.77. The lowest BCUT2D eigenvalue weighted by atomic mass is 10.1. The number of amides is 2. The van der Waals surface area contributed by atoms with Crippen LogP contribution in [0.3, 0.4) is 0 Å². The Bertz CT molecular complexity index is 1050. The molecule has 1 unspecified atom stereocenters. The van der Waals surface area contributed by atoms with E-state index < -0.39 is 17.9 Å². The summed E-state index contributed by atoms with van der Waals surface area (Å²) in [6.45, 7) is 3.55. The number of thiocarbonyl (C=S) groups is 1. The average Bonchev–Trinajstić information content (AvgIpc) is 2.89. The average molecular weight is 512 g/mol. The molecule has 192 valence electrons. The van der Waals surface area contributed by atoms with Crippen LogP contribution in [0.4, 0.5) is 0 Å². The fourth-order valence-electron chi connectivity index (χ4n) is 3.83. The van der Waals surface area contributed by atoms with Gasteiger partial charge in [0.25, 0.3) is 5.91 Å². The molecule has 8 nitrogen and oxygen atoms in total. The van der Waals surface area contributed by atoms with E-state index in [9.17, 15) is 14.4 Å². The van der Waals surface area contributed by atoms with E-state index in [4.69, 9.17) is 21.7 Å². The second-order valence-electron chi connectivity index (χ2n) is 8.47. The number of nitrogens with one attached hydrogen (secondary N) is 2. The third kappa shape index (κ3) is 8.05. The maximum Gasteiger partial charge on any atom is 0.308 e. The van der Waals surface area contributed by atoms with Crippen molar-refractivity contribution in [3.63, 3.8) is 0 Å². The van der Waals surface area contributed by atoms with Gasteiger partial charge in [-0.25, -0.2) is 0 Å². The van der Waals surface area contributed by atoms with Crippen LogP contribution in [0.1, 0.15) is 48.5 Å². The first-order valence-corrected chi connectivity index (χ1v) is 12.7. The lowest BCUT2D eigenvalue weighted by Crippen LogP contribution is -2.60. The second-order valence-corrected chi connectivity index (χ2v) is 8.86. The minimum atomic E-state index is -0.857. The third-order valence-corrected chi connectivity index (χ3v) is 6.11. The van der Waals surface area contributed by atoms with Crippen molar-refractivity contribution in [1.82, 2.24) is 15.5 Å². The highest BCUT2D eigenvalue weighted by Crippen LogP contribution is 2.19. The Balaban J connectivity index is 1.55. The highest BCUT2D eigenvalue weighted by molar-refractivity contribution is 7.80. The van der Waals surface area contributed by atoms with E-state index in [1.165, 1.54) is 5.56 Å². The number of nitrogens with zero attached hydrogens (tertiary/aromatic N) is 1. The molecule has 1 aliphatic rings. The van der Waals surface area contributed by atoms with Gasteiger partial charge in [-0.3, -0.25) is 19.7 Å². The Morgan fingerprint density at radius 1 is 1.08 bits per heavy atom. The molecule has 3 rings (SSSR count). The Labute approximate surface area is 217 Å². The zero-order valence-corrected chi connectivity index (χ0v) is 21.4. The van der Waals surface area contributed by atoms with Gasteiger partial charge in [-0.1, -0.05) is 55.8 Å². The predicted octanol–water partition coefficient (Wildman–Crippen LogP) is 3.25. The van der Waals surface area contributed by atoms with Crippen molar-refractivity contribution >= 4 is 35.1 Å². The number of hydrogen-bond donors (Lipinski definition) is 2. The van der Waals surface area contributed by atoms with Crippen molar-refractivity contribution < 1.29 is 23.9 Å². The van der Waals surface area contributed by atoms with Gasteiger partial charge in [-0.15, -0.1) is 0 Å². The summed E-state index contributed by atoms with van der Waals surface area (Å²) < 4.78 is 11.1. The van der Waals surface area contributed by atoms with Crippen LogP contribution in [0.5, 0.6) is 5.75 Å². The number of ether oxygens (including phenoxy) is 2. The van der Waals surface area contributed by atoms with Gasteiger partial charge in [-0.2, -0.15) is 0 Å². The molecule has 0 aliphatic carbocycles. The molecule has 2 amide bonds. The van der Waals surface area contributed by atoms with Gasteiger partial charge in [0, 0.05) is 13.1 Å². The van der Waals surface area contributed by atoms with Crippen LogP contribution >= 0.6 is 12.2 Å². The Kier molecular flexibility index (Phi) is 10.7. The van der Waals surface area contributed by atoms with Gasteiger partial charge in [0.2, 0.25) is 5.91 Å². The van der Waals surface area contributed by atoms with Crippen molar-refractivity contribution in [2.75, 3.05) is 26.3 Å². The SMILES string of the molecule is CCCCOc1ccccc1C(=O)NC(=S)N1CCNC(=O)C1CC(=O)OCCCc1ccccc1. The zero-order chi connectivity index (χ0) is 25.8. The number of unbranched alkanes of at least 4 members (excludes halogenated alkanes) is 1. The van der Waals surface area contributed by atoms with Crippen LogP contribution in [0.15, 0.2) is 54.6 Å². The van der Waals surface area contributed by atoms with Crippen LogP contribution in [-0.2, 0) is 20.7 Å². The number of carbonyl (C=O) groups excluding carboxylic acids is 3. The van der Waals surface area contributed by atoms with Crippen LogP contribution in [-0.4, -0.2) is 60.1 Å². The van der Waals surface area contributed by atoms with Crippen molar-refractivity contribution in [2.24, 2.45) is 0 Å². The maximum atomic E-state index is 13.0. The maximum absolute atomic E-state index is 13.0. The summed E-state index contributed by atoms with van der Waals surface area (Å²) in [6, 6.07) is 16.0. The van der Waals surface area contributed by atoms with E-state index >= 15 is 0 Å². The molecule has 2 aromatic rings. The standard InChI is InChI=1S/C27H33N3O5S/c1-2-3-17-34-23-14-8-7-13-21(23)25(32)29-27(36)30-16-15-28-26(33)22(30)19-24(31)35-18-9-12-20-10-5-4-6-11-20/h4-8,10-11,13-14,22H,2-3,9,12,15-19H2,1H3,(H,28,33)(H,29,32,36). The molecule has 1 fully saturated rings. The number of esters is 1. The molecule has 2 aromatic carbocycles. The number of aryl methyl sites for hydroxylation is 1. The minimum Gasteiger partial charge on any atom is -0.493 e. The van der Waals surface area contributed by atoms with Crippen LogP contribution in [0, 0.1) is 0 Å². The van der Waals surface area contributed by atoms with Crippen molar-refractivity contribution in [3.8, 4) is 5.75 Å². The highest BCUT2D eigenvalue weighted by Gasteiger charge is 2.34. The van der Waals surface area contributed by atoms with Crippen LogP contribution in [0.25, 0.3) is 0 Å². The smallest absolute Gasteiger partial charge is 0.308 e. The molecular formula is C27H33N3O5S. The molecule has 0 bridgehead atoms. The number of para-hydroxylation sites is 1. The van der Waals surface area contributed by atoms with Crippen LogP contribution < -0.4 is 15.4 Å². The van der Waals surface area contributed by atoms with Gasteiger partial charge in [0.15, 0.2) is 5.11 Å². The first-order valence-electron chi connectivity index (χ1n) is 12.3. The Hall–Kier alpha value is -3.46. The summed E-state index contributed by atoms with van der Waals surface area (Å²) in [5, 5.41) is 5.53. The van der Waals surface area contributed by atoms with Crippen molar-refractivity contribution in [1.29, 1.82) is 0 Å². The molecule has 0 saturated carbocycles. The topological polar surface area (TPSA) is 97.0 Å². The lowest BCUT2D eigenvalue weighted by molar-refractivity contribution is -0.147. The molecule has 0 spiro atoms. The van der Waals surface area contributed by atoms with Crippen molar-refractivity contribution in [3.05, 3.63) is 65.7 Å². The lowest BCUT2D eigenvalue weighted by Gasteiger charge is -2.36. The number of piperazine rings is 1. The molecule has 1 atom stereocenters. The van der Waals surface area contributed by atoms with Gasteiger partial charge in [-0.05, 0) is 49.2 Å². The molecular weight excluding hydrogens is 478 g/mol. The number of carbonyl (C=O) groups is 3. The fraction of sp³-hybridized carbons (Fsp3) is 0.407. The van der Waals surface area contributed by atoms with E-state index in [2.05, 4.69) is 17.6 Å². The van der Waals surface area contributed by atoms with Gasteiger partial charge >= 0.3 is 5.97 Å². The summed E-state index contributed by atoms with van der Waals surface area (Å²) >= 11 is 5.46. The van der Waals surface area contributed by atoms with E-state index in [-0.39, 0.29) is 24.0 Å². The second kappa shape index (κ2) is 14.2. The first kappa shape index (κ1) is 27.1. The quantitative estimate of drug-likeness (QED) is 0.272. The molecule has 36 heavy (non-hydrogen) atoms. The monoisotopic (exact) mass is 511 g/mol. The van der Waals surface area contributed by atoms with Crippen LogP contribution in [0.2, 0.25) is 0 Å². The zero-order valence-electron chi connectivity index (χ0n) is 20.5. The summed E-state index contributed by atoms with van der Waals surface area (Å²) in [4.78, 5) is 39.6. The van der Waals surface area contributed by atoms with Gasteiger partial charge in [0.1, 0.15) is 11.8 Å². The first-order chi connectivity index (χ1) is 17.5. The molecule has 9 heteroatoms. The van der Waals surface area contributed by atoms with E-state index in [0.717, 1.165) is 19.3 Å². The highest BCUT2D eigenvalue weighted by atomic mass is 32.1. The Morgan fingerprint density at radius 2 is 1.83 bits per heavy atom. The molecule has 2 N–H and O–H groups in total. The van der Waals surface area contributed by atoms with E-state index in [0.29, 0.717) is 37.4 Å². The summed E-state index contributed by atoms with van der Waals surface area (Å²) in [5.41, 5.74) is 1.52. The van der Waals surface area contributed by atoms with Gasteiger partial charge < -0.3 is 19.7 Å². The molecule has 1 heterocycles. The number of hydrogen-bond acceptors (Lipinski definition) is 6. The summed E-state index contributed by atoms with van der Waals surface area (Å²) in [6.07, 6.45) is 3.17. The molecule has 0 aromatic heterocycles. The van der Waals surface area contributed by atoms with Crippen molar-refractivity contribution in [2.45, 2.75) is 45.1 Å². The normalized spacial score (nSPS) is 15.1. The minimum absolute atomic E-state index is 0.0834. The largest absolute Gasteiger partial charge is 0.493 e. The van der Waals surface area contributed by atoms with E-state index in [1.54, 1.807) is 29.2 Å². The summed E-state index contributed by atoms with van der Waals surface area (Å²) in [5.74, 6) is -0.778. The number of rotatable bonds is 11. The van der Waals surface area contributed by atoms with Gasteiger partial charge in [0.05, 0.1) is 25.2 Å².